The van der Waals surface area contributed by atoms with Crippen LogP contribution in [-0.2, 0) is 9.47 Å². The first kappa shape index (κ1) is 18.3. The lowest BCUT2D eigenvalue weighted by Gasteiger charge is -2.19. The summed E-state index contributed by atoms with van der Waals surface area (Å²) in [6.07, 6.45) is 5.20. The highest BCUT2D eigenvalue weighted by Crippen LogP contribution is 2.16. The highest BCUT2D eigenvalue weighted by Gasteiger charge is 2.21. The number of rotatable bonds is 4. The number of nitrogens with one attached hydrogen (secondary N) is 2. The van der Waals surface area contributed by atoms with E-state index in [9.17, 15) is 9.59 Å². The van der Waals surface area contributed by atoms with E-state index in [1.165, 1.54) is 0 Å². The van der Waals surface area contributed by atoms with Gasteiger partial charge in [0.05, 0.1) is 0 Å². The van der Waals surface area contributed by atoms with Gasteiger partial charge >= 0.3 is 12.2 Å². The Labute approximate surface area is 157 Å². The molecule has 1 aliphatic carbocycles. The predicted molar refractivity (Wildman–Crippen MR) is 104 cm³/mol. The minimum absolute atomic E-state index is 0.331. The van der Waals surface area contributed by atoms with Crippen LogP contribution in [0, 0.1) is 0 Å². The Hall–Kier alpha value is -3.54. The van der Waals surface area contributed by atoms with Crippen LogP contribution in [0.2, 0.25) is 0 Å². The molecule has 0 saturated heterocycles. The lowest BCUT2D eigenvalue weighted by Crippen LogP contribution is -2.27. The Morgan fingerprint density at radius 2 is 1.11 bits per heavy atom. The summed E-state index contributed by atoms with van der Waals surface area (Å²) in [4.78, 5) is 24.1. The number of amides is 2. The lowest BCUT2D eigenvalue weighted by molar-refractivity contribution is 0.0853. The van der Waals surface area contributed by atoms with Gasteiger partial charge in [0, 0.05) is 17.8 Å². The van der Waals surface area contributed by atoms with E-state index in [0.717, 1.165) is 0 Å². The smallest absolute Gasteiger partial charge is 0.412 e. The molecule has 1 aliphatic rings. The Bertz CT molecular complexity index is 749. The molecule has 0 bridgehead atoms. The van der Waals surface area contributed by atoms with E-state index in [1.54, 1.807) is 48.6 Å². The van der Waals surface area contributed by atoms with Crippen molar-refractivity contribution in [3.05, 3.63) is 85.0 Å². The summed E-state index contributed by atoms with van der Waals surface area (Å²) in [5.74, 6) is 0. The van der Waals surface area contributed by atoms with Crippen LogP contribution in [-0.4, -0.2) is 24.4 Å². The normalized spacial score (nSPS) is 18.2. The third-order valence-electron chi connectivity index (χ3n) is 3.78. The summed E-state index contributed by atoms with van der Waals surface area (Å²) in [7, 11) is 0. The van der Waals surface area contributed by atoms with Gasteiger partial charge in [0.25, 0.3) is 0 Å². The van der Waals surface area contributed by atoms with E-state index in [1.807, 2.05) is 36.4 Å². The van der Waals surface area contributed by atoms with Gasteiger partial charge in [0.2, 0.25) is 0 Å². The van der Waals surface area contributed by atoms with Crippen molar-refractivity contribution < 1.29 is 19.1 Å². The maximum absolute atomic E-state index is 12.1. The van der Waals surface area contributed by atoms with Crippen LogP contribution in [0.1, 0.15) is 6.42 Å². The monoisotopic (exact) mass is 364 g/mol. The fourth-order valence-electron chi connectivity index (χ4n) is 2.55. The number of ether oxygens (including phenoxy) is 2. The second kappa shape index (κ2) is 9.24. The van der Waals surface area contributed by atoms with Crippen molar-refractivity contribution in [2.75, 3.05) is 10.6 Å². The van der Waals surface area contributed by atoms with Crippen LogP contribution in [0.5, 0.6) is 0 Å². The van der Waals surface area contributed by atoms with Crippen LogP contribution in [0.25, 0.3) is 0 Å². The number of carbonyl (C=O) groups excluding carboxylic acids is 2. The average Bonchev–Trinajstić information content (AvgIpc) is 2.88. The van der Waals surface area contributed by atoms with Crippen molar-refractivity contribution >= 4 is 23.6 Å². The molecular weight excluding hydrogens is 344 g/mol. The first-order valence-electron chi connectivity index (χ1n) is 8.59. The topological polar surface area (TPSA) is 76.7 Å². The molecule has 6 heteroatoms. The van der Waals surface area contributed by atoms with Gasteiger partial charge in [-0.25, -0.2) is 9.59 Å². The summed E-state index contributed by atoms with van der Waals surface area (Å²) in [6.45, 7) is 0. The molecule has 2 N–H and O–H groups in total. The Balaban J connectivity index is 1.51. The van der Waals surface area contributed by atoms with Gasteiger partial charge < -0.3 is 9.47 Å². The van der Waals surface area contributed by atoms with Crippen molar-refractivity contribution in [2.45, 2.75) is 18.6 Å². The zero-order valence-electron chi connectivity index (χ0n) is 14.6. The fraction of sp³-hybridized carbons (Fsp3) is 0.143. The maximum Gasteiger partial charge on any atom is 0.412 e. The first-order valence-corrected chi connectivity index (χ1v) is 8.59. The molecule has 0 aliphatic heterocycles. The molecule has 3 rings (SSSR count). The number of hydrogen-bond acceptors (Lipinski definition) is 4. The summed E-state index contributed by atoms with van der Waals surface area (Å²) in [5, 5.41) is 5.32. The quantitative estimate of drug-likeness (QED) is 0.822. The van der Waals surface area contributed by atoms with Crippen molar-refractivity contribution in [1.82, 2.24) is 0 Å². The van der Waals surface area contributed by atoms with Gasteiger partial charge in [0.15, 0.2) is 0 Å². The van der Waals surface area contributed by atoms with Crippen molar-refractivity contribution in [1.29, 1.82) is 0 Å². The molecule has 0 radical (unpaired) electrons. The van der Waals surface area contributed by atoms with E-state index < -0.39 is 24.4 Å². The molecule has 2 atom stereocenters. The zero-order valence-corrected chi connectivity index (χ0v) is 14.6. The van der Waals surface area contributed by atoms with Crippen LogP contribution < -0.4 is 10.6 Å². The number of anilines is 2. The van der Waals surface area contributed by atoms with E-state index in [2.05, 4.69) is 10.6 Å². The fourth-order valence-corrected chi connectivity index (χ4v) is 2.55. The summed E-state index contributed by atoms with van der Waals surface area (Å²) < 4.78 is 10.8. The molecule has 138 valence electrons. The first-order chi connectivity index (χ1) is 13.2. The van der Waals surface area contributed by atoms with Gasteiger partial charge in [-0.15, -0.1) is 0 Å². The standard InChI is InChI=1S/C21H20N2O4/c24-20(22-16-9-3-1-4-10-16)26-18-13-7-8-14-19(15-18)27-21(25)23-17-11-5-2-6-12-17/h1-14,18-19H,15H2,(H,22,24)(H,23,25)/t18-,19+. The minimum Gasteiger partial charge on any atom is -0.442 e. The molecule has 2 amide bonds. The molecule has 0 unspecified atom stereocenters. The van der Waals surface area contributed by atoms with Crippen molar-refractivity contribution in [2.24, 2.45) is 0 Å². The summed E-state index contributed by atoms with van der Waals surface area (Å²) in [5.41, 5.74) is 1.29. The van der Waals surface area contributed by atoms with Gasteiger partial charge in [-0.3, -0.25) is 10.6 Å². The van der Waals surface area contributed by atoms with Crippen molar-refractivity contribution in [3.63, 3.8) is 0 Å². The molecule has 0 heterocycles. The van der Waals surface area contributed by atoms with Gasteiger partial charge in [-0.2, -0.15) is 0 Å². The largest absolute Gasteiger partial charge is 0.442 e. The second-order valence-electron chi connectivity index (χ2n) is 5.88. The average molecular weight is 364 g/mol. The number of allylic oxidation sites excluding steroid dienone is 2. The minimum atomic E-state index is -0.565. The molecule has 2 aromatic rings. The van der Waals surface area contributed by atoms with Crippen molar-refractivity contribution in [3.8, 4) is 0 Å². The van der Waals surface area contributed by atoms with Gasteiger partial charge in [0.1, 0.15) is 12.2 Å². The van der Waals surface area contributed by atoms with Crippen LogP contribution in [0.4, 0.5) is 21.0 Å². The van der Waals surface area contributed by atoms with E-state index in [4.69, 9.17) is 9.47 Å². The molecule has 27 heavy (non-hydrogen) atoms. The van der Waals surface area contributed by atoms with E-state index >= 15 is 0 Å². The Morgan fingerprint density at radius 1 is 0.704 bits per heavy atom. The summed E-state index contributed by atoms with van der Waals surface area (Å²) >= 11 is 0. The number of hydrogen-bond donors (Lipinski definition) is 2. The van der Waals surface area contributed by atoms with Gasteiger partial charge in [-0.1, -0.05) is 48.6 Å². The van der Waals surface area contributed by atoms with Crippen LogP contribution >= 0.6 is 0 Å². The third-order valence-corrected chi connectivity index (χ3v) is 3.78. The number of para-hydroxylation sites is 2. The molecule has 2 aromatic carbocycles. The van der Waals surface area contributed by atoms with Crippen LogP contribution in [0.3, 0.4) is 0 Å². The highest BCUT2D eigenvalue weighted by atomic mass is 16.6. The van der Waals surface area contributed by atoms with Gasteiger partial charge in [-0.05, 0) is 36.4 Å². The van der Waals surface area contributed by atoms with Crippen LogP contribution in [0.15, 0.2) is 85.0 Å². The SMILES string of the molecule is O=C(Nc1ccccc1)O[C@@H]1C=CC=C[C@H](OC(=O)Nc2ccccc2)C1. The lowest BCUT2D eigenvalue weighted by atomic mass is 10.2. The predicted octanol–water partition coefficient (Wildman–Crippen LogP) is 4.74. The molecule has 6 nitrogen and oxygen atoms in total. The summed E-state index contributed by atoms with van der Waals surface area (Å²) in [6, 6.07) is 18.1. The molecule has 0 saturated carbocycles. The Morgan fingerprint density at radius 3 is 1.52 bits per heavy atom. The molecule has 0 fully saturated rings. The highest BCUT2D eigenvalue weighted by molar-refractivity contribution is 5.85. The second-order valence-corrected chi connectivity index (χ2v) is 5.88. The number of benzene rings is 2. The third kappa shape index (κ3) is 6.04. The zero-order chi connectivity index (χ0) is 18.9. The molecular formula is C21H20N2O4. The number of carbonyl (C=O) groups is 2. The molecule has 0 spiro atoms. The maximum atomic E-state index is 12.1. The van der Waals surface area contributed by atoms with E-state index in [0.29, 0.717) is 17.8 Å². The Kier molecular flexibility index (Phi) is 6.25. The molecule has 0 aromatic heterocycles. The van der Waals surface area contributed by atoms with E-state index in [-0.39, 0.29) is 0 Å².